The molecule has 2 rings (SSSR count). The molecule has 2 aromatic rings. The highest BCUT2D eigenvalue weighted by Gasteiger charge is 2.15. The highest BCUT2D eigenvalue weighted by Crippen LogP contribution is 2.30. The number of benzene rings is 1. The largest absolute Gasteiger partial charge is 0.309 e. The summed E-state index contributed by atoms with van der Waals surface area (Å²) in [6.45, 7) is 4.22. The first-order chi connectivity index (χ1) is 8.11. The maximum Gasteiger partial charge on any atom is 0.123 e. The zero-order valence-corrected chi connectivity index (χ0v) is 11.1. The predicted octanol–water partition coefficient (Wildman–Crippen LogP) is 3.81. The summed E-state index contributed by atoms with van der Waals surface area (Å²) in [5.74, 6) is -0.187. The molecule has 90 valence electrons. The monoisotopic (exact) mass is 249 g/mol. The molecular weight excluding hydrogens is 233 g/mol. The number of rotatable bonds is 3. The summed E-state index contributed by atoms with van der Waals surface area (Å²) in [4.78, 5) is 2.55. The maximum atomic E-state index is 13.2. The second-order valence-corrected chi connectivity index (χ2v) is 5.45. The molecule has 0 bridgehead atoms. The lowest BCUT2D eigenvalue weighted by atomic mass is 10.0. The van der Waals surface area contributed by atoms with Crippen molar-refractivity contribution in [3.05, 3.63) is 57.0 Å². The Hall–Kier alpha value is -1.19. The zero-order chi connectivity index (χ0) is 12.4. The summed E-state index contributed by atoms with van der Waals surface area (Å²) in [7, 11) is 1.90. The molecule has 0 saturated heterocycles. The molecule has 1 nitrogen and oxygen atoms in total. The van der Waals surface area contributed by atoms with Crippen molar-refractivity contribution in [3.63, 3.8) is 0 Å². The standard InChI is InChI=1S/C14H16FNS/c1-9-7-13(17-10(9)2)14(16-3)11-5-4-6-12(15)8-11/h4-8,14,16H,1-3H3. The van der Waals surface area contributed by atoms with E-state index in [0.29, 0.717) is 0 Å². The quantitative estimate of drug-likeness (QED) is 0.872. The van der Waals surface area contributed by atoms with Crippen LogP contribution < -0.4 is 5.32 Å². The van der Waals surface area contributed by atoms with Crippen molar-refractivity contribution < 1.29 is 4.39 Å². The molecule has 3 heteroatoms. The van der Waals surface area contributed by atoms with Crippen molar-refractivity contribution in [1.29, 1.82) is 0 Å². The molecule has 0 aliphatic carbocycles. The zero-order valence-electron chi connectivity index (χ0n) is 10.3. The van der Waals surface area contributed by atoms with Crippen molar-refractivity contribution in [2.24, 2.45) is 0 Å². The van der Waals surface area contributed by atoms with Gasteiger partial charge in [0, 0.05) is 9.75 Å². The Bertz CT molecular complexity index is 499. The Kier molecular flexibility index (Phi) is 3.60. The molecule has 1 unspecified atom stereocenters. The maximum absolute atomic E-state index is 13.2. The molecule has 0 spiro atoms. The number of halogens is 1. The van der Waals surface area contributed by atoms with Crippen molar-refractivity contribution in [2.45, 2.75) is 19.9 Å². The first kappa shape index (κ1) is 12.3. The SMILES string of the molecule is CNC(c1cccc(F)c1)c1cc(C)c(C)s1. The van der Waals surface area contributed by atoms with Gasteiger partial charge in [-0.15, -0.1) is 11.3 Å². The van der Waals surface area contributed by atoms with Crippen LogP contribution in [0.25, 0.3) is 0 Å². The van der Waals surface area contributed by atoms with Crippen molar-refractivity contribution in [3.8, 4) is 0 Å². The summed E-state index contributed by atoms with van der Waals surface area (Å²) in [5.41, 5.74) is 2.26. The molecule has 1 aromatic carbocycles. The Morgan fingerprint density at radius 3 is 2.53 bits per heavy atom. The average Bonchev–Trinajstić information content (AvgIpc) is 2.60. The minimum Gasteiger partial charge on any atom is -0.309 e. The van der Waals surface area contributed by atoms with Crippen LogP contribution in [0.3, 0.4) is 0 Å². The second-order valence-electron chi connectivity index (χ2n) is 4.16. The van der Waals surface area contributed by atoms with Gasteiger partial charge in [0.25, 0.3) is 0 Å². The first-order valence-corrected chi connectivity index (χ1v) is 6.43. The van der Waals surface area contributed by atoms with Crippen molar-refractivity contribution >= 4 is 11.3 Å². The third-order valence-electron chi connectivity index (χ3n) is 2.94. The van der Waals surface area contributed by atoms with Gasteiger partial charge in [-0.05, 0) is 50.2 Å². The summed E-state index contributed by atoms with van der Waals surface area (Å²) in [6, 6.07) is 9.01. The molecule has 0 saturated carbocycles. The number of hydrogen-bond acceptors (Lipinski definition) is 2. The van der Waals surface area contributed by atoms with Crippen LogP contribution in [-0.4, -0.2) is 7.05 Å². The van der Waals surface area contributed by atoms with Crippen LogP contribution in [0, 0.1) is 19.7 Å². The lowest BCUT2D eigenvalue weighted by molar-refractivity contribution is 0.618. The normalized spacial score (nSPS) is 12.7. The molecule has 0 amide bonds. The highest BCUT2D eigenvalue weighted by molar-refractivity contribution is 7.12. The molecule has 1 aromatic heterocycles. The van der Waals surface area contributed by atoms with Gasteiger partial charge in [0.15, 0.2) is 0 Å². The van der Waals surface area contributed by atoms with E-state index in [0.717, 1.165) is 5.56 Å². The van der Waals surface area contributed by atoms with Crippen molar-refractivity contribution in [1.82, 2.24) is 5.32 Å². The van der Waals surface area contributed by atoms with E-state index in [-0.39, 0.29) is 11.9 Å². The van der Waals surface area contributed by atoms with E-state index in [1.54, 1.807) is 23.5 Å². The van der Waals surface area contributed by atoms with Gasteiger partial charge < -0.3 is 5.32 Å². The van der Waals surface area contributed by atoms with E-state index < -0.39 is 0 Å². The lowest BCUT2D eigenvalue weighted by Crippen LogP contribution is -2.16. The lowest BCUT2D eigenvalue weighted by Gasteiger charge is -2.14. The average molecular weight is 249 g/mol. The fourth-order valence-corrected chi connectivity index (χ4v) is 3.08. The second kappa shape index (κ2) is 4.98. The van der Waals surface area contributed by atoms with Gasteiger partial charge in [0.05, 0.1) is 6.04 Å². The number of aryl methyl sites for hydroxylation is 2. The van der Waals surface area contributed by atoms with Crippen molar-refractivity contribution in [2.75, 3.05) is 7.05 Å². The number of hydrogen-bond donors (Lipinski definition) is 1. The van der Waals surface area contributed by atoms with Gasteiger partial charge in [-0.2, -0.15) is 0 Å². The molecular formula is C14H16FNS. The van der Waals surface area contributed by atoms with Crippen LogP contribution in [0.2, 0.25) is 0 Å². The predicted molar refractivity (Wildman–Crippen MR) is 71.1 cm³/mol. The van der Waals surface area contributed by atoms with Crippen LogP contribution in [0.5, 0.6) is 0 Å². The Morgan fingerprint density at radius 2 is 2.00 bits per heavy atom. The molecule has 17 heavy (non-hydrogen) atoms. The molecule has 0 aliphatic rings. The van der Waals surface area contributed by atoms with E-state index in [4.69, 9.17) is 0 Å². The van der Waals surface area contributed by atoms with Crippen LogP contribution in [0.1, 0.15) is 26.9 Å². The number of thiophene rings is 1. The summed E-state index contributed by atoms with van der Waals surface area (Å²) < 4.78 is 13.2. The van der Waals surface area contributed by atoms with Gasteiger partial charge in [-0.25, -0.2) is 4.39 Å². The molecule has 0 fully saturated rings. The van der Waals surface area contributed by atoms with Crippen LogP contribution >= 0.6 is 11.3 Å². The Morgan fingerprint density at radius 1 is 1.24 bits per heavy atom. The van der Waals surface area contributed by atoms with Crippen LogP contribution in [0.4, 0.5) is 4.39 Å². The molecule has 0 aliphatic heterocycles. The first-order valence-electron chi connectivity index (χ1n) is 5.61. The highest BCUT2D eigenvalue weighted by atomic mass is 32.1. The Labute approximate surface area is 105 Å². The summed E-state index contributed by atoms with van der Waals surface area (Å²) in [6.07, 6.45) is 0. The molecule has 0 radical (unpaired) electrons. The third-order valence-corrected chi connectivity index (χ3v) is 4.16. The smallest absolute Gasteiger partial charge is 0.123 e. The van der Waals surface area contributed by atoms with Gasteiger partial charge in [-0.1, -0.05) is 12.1 Å². The van der Waals surface area contributed by atoms with Gasteiger partial charge in [-0.3, -0.25) is 0 Å². The molecule has 1 heterocycles. The van der Waals surface area contributed by atoms with E-state index in [2.05, 4.69) is 25.2 Å². The van der Waals surface area contributed by atoms with E-state index in [9.17, 15) is 4.39 Å². The van der Waals surface area contributed by atoms with E-state index in [1.807, 2.05) is 13.1 Å². The minimum absolute atomic E-state index is 0.0723. The number of nitrogens with one attached hydrogen (secondary N) is 1. The topological polar surface area (TPSA) is 12.0 Å². The minimum atomic E-state index is -0.187. The van der Waals surface area contributed by atoms with Gasteiger partial charge >= 0.3 is 0 Å². The van der Waals surface area contributed by atoms with Crippen LogP contribution in [0.15, 0.2) is 30.3 Å². The Balaban J connectivity index is 2.39. The van der Waals surface area contributed by atoms with Crippen LogP contribution in [-0.2, 0) is 0 Å². The van der Waals surface area contributed by atoms with E-state index >= 15 is 0 Å². The third kappa shape index (κ3) is 2.56. The fourth-order valence-electron chi connectivity index (χ4n) is 1.90. The summed E-state index contributed by atoms with van der Waals surface area (Å²) >= 11 is 1.76. The summed E-state index contributed by atoms with van der Waals surface area (Å²) in [5, 5.41) is 3.25. The fraction of sp³-hybridized carbons (Fsp3) is 0.286. The molecule has 1 N–H and O–H groups in total. The van der Waals surface area contributed by atoms with E-state index in [1.165, 1.54) is 21.4 Å². The van der Waals surface area contributed by atoms with Gasteiger partial charge in [0.1, 0.15) is 5.82 Å². The molecule has 1 atom stereocenters. The van der Waals surface area contributed by atoms with Gasteiger partial charge in [0.2, 0.25) is 0 Å².